The summed E-state index contributed by atoms with van der Waals surface area (Å²) < 4.78 is 0. The predicted octanol–water partition coefficient (Wildman–Crippen LogP) is 2.57. The van der Waals surface area contributed by atoms with E-state index in [-0.39, 0.29) is 11.0 Å². The van der Waals surface area contributed by atoms with Gasteiger partial charge in [0.2, 0.25) is 0 Å². The Morgan fingerprint density at radius 2 is 2.13 bits per heavy atom. The second-order valence-electron chi connectivity index (χ2n) is 3.59. The Labute approximate surface area is 93.1 Å². The first-order chi connectivity index (χ1) is 7.27. The maximum absolute atomic E-state index is 12.0. The quantitative estimate of drug-likeness (QED) is 0.567. The molecule has 2 rings (SSSR count). The Hall–Kier alpha value is -1.09. The van der Waals surface area contributed by atoms with Crippen LogP contribution >= 0.6 is 11.8 Å². The third-order valence-corrected chi connectivity index (χ3v) is 4.22. The lowest BCUT2D eigenvalue weighted by atomic mass is 9.93. The number of benzene rings is 1. The van der Waals surface area contributed by atoms with E-state index in [0.29, 0.717) is 5.56 Å². The third kappa shape index (κ3) is 1.72. The molecular weight excluding hydrogens is 208 g/mol. The molecule has 2 nitrogen and oxygen atoms in total. The van der Waals surface area contributed by atoms with Gasteiger partial charge in [0, 0.05) is 15.7 Å². The van der Waals surface area contributed by atoms with Gasteiger partial charge in [-0.3, -0.25) is 4.79 Å². The Morgan fingerprint density at radius 1 is 1.40 bits per heavy atom. The molecule has 0 radical (unpaired) electrons. The molecule has 1 heterocycles. The Kier molecular flexibility index (Phi) is 2.91. The van der Waals surface area contributed by atoms with Gasteiger partial charge < -0.3 is 4.79 Å². The number of ketones is 1. The van der Waals surface area contributed by atoms with Crippen molar-refractivity contribution in [1.82, 2.24) is 0 Å². The molecule has 78 valence electrons. The number of Topliss-reactive ketones (excluding diaryl/α,β-unsaturated/α-hetero) is 1. The lowest BCUT2D eigenvalue weighted by Crippen LogP contribution is -2.31. The van der Waals surface area contributed by atoms with E-state index in [1.54, 1.807) is 17.8 Å². The van der Waals surface area contributed by atoms with Crippen LogP contribution in [0.1, 0.15) is 23.7 Å². The van der Waals surface area contributed by atoms with Gasteiger partial charge in [-0.25, -0.2) is 0 Å². The van der Waals surface area contributed by atoms with Gasteiger partial charge in [0.05, 0.1) is 5.92 Å². The zero-order chi connectivity index (χ0) is 10.8. The first-order valence-corrected chi connectivity index (χ1v) is 5.91. The molecule has 0 saturated heterocycles. The van der Waals surface area contributed by atoms with Gasteiger partial charge in [0.15, 0.2) is 5.78 Å². The topological polar surface area (TPSA) is 34.1 Å². The zero-order valence-electron chi connectivity index (χ0n) is 8.47. The van der Waals surface area contributed by atoms with Crippen molar-refractivity contribution in [1.29, 1.82) is 0 Å². The van der Waals surface area contributed by atoms with Crippen molar-refractivity contribution < 1.29 is 9.59 Å². The number of aldehydes is 1. The van der Waals surface area contributed by atoms with E-state index in [2.05, 4.69) is 0 Å². The summed E-state index contributed by atoms with van der Waals surface area (Å²) in [6.07, 6.45) is 1.63. The minimum absolute atomic E-state index is 0.0220. The number of hydrogen-bond acceptors (Lipinski definition) is 3. The lowest BCUT2D eigenvalue weighted by Gasteiger charge is -2.26. The Balaban J connectivity index is 2.45. The van der Waals surface area contributed by atoms with E-state index >= 15 is 0 Å². The molecule has 0 spiro atoms. The highest BCUT2D eigenvalue weighted by molar-refractivity contribution is 8.00. The monoisotopic (exact) mass is 220 g/mol. The van der Waals surface area contributed by atoms with E-state index in [4.69, 9.17) is 0 Å². The van der Waals surface area contributed by atoms with Crippen molar-refractivity contribution >= 4 is 23.8 Å². The largest absolute Gasteiger partial charge is 0.303 e. The molecule has 0 N–H and O–H groups in total. The molecule has 0 saturated carbocycles. The molecular formula is C12H12O2S. The van der Waals surface area contributed by atoms with Crippen LogP contribution in [0.3, 0.4) is 0 Å². The van der Waals surface area contributed by atoms with Gasteiger partial charge in [-0.05, 0) is 12.5 Å². The van der Waals surface area contributed by atoms with Gasteiger partial charge in [-0.2, -0.15) is 0 Å². The highest BCUT2D eigenvalue weighted by atomic mass is 32.2. The van der Waals surface area contributed by atoms with Crippen LogP contribution in [0, 0.1) is 5.92 Å². The summed E-state index contributed by atoms with van der Waals surface area (Å²) in [7, 11) is 0. The molecule has 15 heavy (non-hydrogen) atoms. The molecule has 3 heteroatoms. The van der Waals surface area contributed by atoms with Crippen LogP contribution in [0.2, 0.25) is 0 Å². The molecule has 0 bridgehead atoms. The second-order valence-corrected chi connectivity index (χ2v) is 4.87. The van der Waals surface area contributed by atoms with Crippen molar-refractivity contribution in [3.63, 3.8) is 0 Å². The van der Waals surface area contributed by atoms with Crippen molar-refractivity contribution in [3.8, 4) is 0 Å². The fourth-order valence-corrected chi connectivity index (χ4v) is 3.12. The number of carbonyl (C=O) groups excluding carboxylic acids is 2. The molecule has 2 atom stereocenters. The van der Waals surface area contributed by atoms with Crippen LogP contribution in [0.4, 0.5) is 0 Å². The van der Waals surface area contributed by atoms with Crippen molar-refractivity contribution in [3.05, 3.63) is 29.8 Å². The van der Waals surface area contributed by atoms with E-state index in [0.717, 1.165) is 17.6 Å². The summed E-state index contributed by atoms with van der Waals surface area (Å²) in [5.74, 6) is -0.485. The summed E-state index contributed by atoms with van der Waals surface area (Å²) in [4.78, 5) is 23.9. The zero-order valence-corrected chi connectivity index (χ0v) is 9.29. The molecule has 0 aromatic heterocycles. The molecule has 1 aliphatic heterocycles. The van der Waals surface area contributed by atoms with Gasteiger partial charge >= 0.3 is 0 Å². The van der Waals surface area contributed by atoms with Crippen LogP contribution in [-0.2, 0) is 4.79 Å². The van der Waals surface area contributed by atoms with Crippen LogP contribution in [0.15, 0.2) is 29.2 Å². The number of rotatable bonds is 2. The SMILES string of the molecule is CCC1Sc2ccccc2C(=O)C1C=O. The van der Waals surface area contributed by atoms with E-state index < -0.39 is 5.92 Å². The summed E-state index contributed by atoms with van der Waals surface area (Å²) >= 11 is 1.64. The van der Waals surface area contributed by atoms with Crippen LogP contribution < -0.4 is 0 Å². The van der Waals surface area contributed by atoms with Crippen LogP contribution in [0.5, 0.6) is 0 Å². The molecule has 1 aromatic carbocycles. The van der Waals surface area contributed by atoms with Crippen molar-refractivity contribution in [2.24, 2.45) is 5.92 Å². The van der Waals surface area contributed by atoms with Crippen molar-refractivity contribution in [2.75, 3.05) is 0 Å². The number of thioether (sulfide) groups is 1. The standard InChI is InChI=1S/C12H12O2S/c1-2-10-9(7-13)12(14)8-5-3-4-6-11(8)15-10/h3-7,9-10H,2H2,1H3. The highest BCUT2D eigenvalue weighted by Gasteiger charge is 2.34. The van der Waals surface area contributed by atoms with Crippen LogP contribution in [-0.4, -0.2) is 17.3 Å². The van der Waals surface area contributed by atoms with Crippen molar-refractivity contribution in [2.45, 2.75) is 23.5 Å². The predicted molar refractivity (Wildman–Crippen MR) is 60.3 cm³/mol. The molecule has 1 aromatic rings. The fourth-order valence-electron chi connectivity index (χ4n) is 1.84. The molecule has 0 fully saturated rings. The van der Waals surface area contributed by atoms with Crippen LogP contribution in [0.25, 0.3) is 0 Å². The minimum Gasteiger partial charge on any atom is -0.303 e. The maximum Gasteiger partial charge on any atom is 0.175 e. The smallest absolute Gasteiger partial charge is 0.175 e. The minimum atomic E-state index is -0.463. The summed E-state index contributed by atoms with van der Waals surface area (Å²) in [6.45, 7) is 2.01. The normalized spacial score (nSPS) is 24.7. The first kappa shape index (κ1) is 10.4. The molecule has 1 aliphatic rings. The summed E-state index contributed by atoms with van der Waals surface area (Å²) in [5, 5.41) is 0.102. The summed E-state index contributed by atoms with van der Waals surface area (Å²) in [5.41, 5.74) is 0.698. The van der Waals surface area contributed by atoms with Gasteiger partial charge in [-0.1, -0.05) is 25.1 Å². The second kappa shape index (κ2) is 4.19. The Bertz CT molecular complexity index is 400. The molecule has 0 amide bonds. The summed E-state index contributed by atoms with van der Waals surface area (Å²) in [6, 6.07) is 7.51. The van der Waals surface area contributed by atoms with E-state index in [1.165, 1.54) is 0 Å². The fraction of sp³-hybridized carbons (Fsp3) is 0.333. The average Bonchev–Trinajstić information content (AvgIpc) is 2.29. The first-order valence-electron chi connectivity index (χ1n) is 5.03. The molecule has 2 unspecified atom stereocenters. The maximum atomic E-state index is 12.0. The van der Waals surface area contributed by atoms with Gasteiger partial charge in [0.1, 0.15) is 6.29 Å². The van der Waals surface area contributed by atoms with E-state index in [9.17, 15) is 9.59 Å². The lowest BCUT2D eigenvalue weighted by molar-refractivity contribution is -0.109. The third-order valence-electron chi connectivity index (χ3n) is 2.68. The molecule has 0 aliphatic carbocycles. The number of hydrogen-bond donors (Lipinski definition) is 0. The number of fused-ring (bicyclic) bond motifs is 1. The van der Waals surface area contributed by atoms with Gasteiger partial charge in [0.25, 0.3) is 0 Å². The van der Waals surface area contributed by atoms with E-state index in [1.807, 2.05) is 25.1 Å². The van der Waals surface area contributed by atoms with Gasteiger partial charge in [-0.15, -0.1) is 11.8 Å². The average molecular weight is 220 g/mol. The Morgan fingerprint density at radius 3 is 2.80 bits per heavy atom. The number of carbonyl (C=O) groups is 2. The highest BCUT2D eigenvalue weighted by Crippen LogP contribution is 2.38.